The molecule has 0 aliphatic heterocycles. The molecule has 0 aromatic rings. The molecule has 0 saturated carbocycles. The van der Waals surface area contributed by atoms with Crippen LogP contribution >= 0.6 is 0 Å². The number of aliphatic carboxylic acids is 3. The molecule has 0 heterocycles. The zero-order chi connectivity index (χ0) is 44.7. The van der Waals surface area contributed by atoms with E-state index in [0.717, 1.165) is 38.5 Å². The minimum Gasteiger partial charge on any atom is -0.481 e. The number of hydrogen-bond donors (Lipinski definition) is 3. The van der Waals surface area contributed by atoms with Crippen molar-refractivity contribution in [3.8, 4) is 0 Å². The van der Waals surface area contributed by atoms with Gasteiger partial charge in [0.2, 0.25) is 0 Å². The molecule has 0 spiro atoms. The maximum absolute atomic E-state index is 10.3. The van der Waals surface area contributed by atoms with Gasteiger partial charge in [0.15, 0.2) is 0 Å². The molecule has 3 N–H and O–H groups in total. The fourth-order valence-corrected chi connectivity index (χ4v) is 7.04. The van der Waals surface area contributed by atoms with E-state index in [1.807, 2.05) is 0 Å². The Bertz CT molecular complexity index is 827. The molecule has 0 radical (unpaired) electrons. The van der Waals surface area contributed by atoms with Gasteiger partial charge in [-0.05, 0) is 96.3 Å². The smallest absolute Gasteiger partial charge is 0.303 e. The number of rotatable bonds is 45. The van der Waals surface area contributed by atoms with Crippen molar-refractivity contribution in [1.82, 2.24) is 0 Å². The molecule has 0 unspecified atom stereocenters. The van der Waals surface area contributed by atoms with Crippen LogP contribution in [0.2, 0.25) is 0 Å². The molecule has 0 aliphatic carbocycles. The van der Waals surface area contributed by atoms with E-state index in [-0.39, 0.29) is 41.7 Å². The largest absolute Gasteiger partial charge is 0.481 e. The first-order valence-corrected chi connectivity index (χ1v) is 25.9. The van der Waals surface area contributed by atoms with Crippen LogP contribution in [0, 0.1) is 41.7 Å². The van der Waals surface area contributed by atoms with Gasteiger partial charge in [0.25, 0.3) is 0 Å². The van der Waals surface area contributed by atoms with Gasteiger partial charge in [-0.3, -0.25) is 14.4 Å². The Kier molecular flexibility index (Phi) is 69.1. The molecule has 0 amide bonds. The Hall–Kier alpha value is -0.993. The SMILES string of the molecule is CCCCCCCC/C=C\CCCCCCCC(=O)O.CCCCCCCC/C=C\CCCCCCCC(=O)O.CCCCCCCC/C=C\CCCCCCCC(=O)O.[Ce]. The summed E-state index contributed by atoms with van der Waals surface area (Å²) in [4.78, 5) is 31.0. The average molecular weight is 988 g/mol. The Morgan fingerprint density at radius 1 is 0.262 bits per heavy atom. The molecule has 7 heteroatoms. The molecule has 61 heavy (non-hydrogen) atoms. The topological polar surface area (TPSA) is 112 Å². The second kappa shape index (κ2) is 63.3. The number of carbonyl (C=O) groups is 3. The van der Waals surface area contributed by atoms with E-state index in [0.29, 0.717) is 19.3 Å². The summed E-state index contributed by atoms with van der Waals surface area (Å²) in [5.41, 5.74) is 0. The fraction of sp³-hybridized carbons (Fsp3) is 0.833. The molecule has 358 valence electrons. The average Bonchev–Trinajstić information content (AvgIpc) is 3.22. The summed E-state index contributed by atoms with van der Waals surface area (Å²) in [5.74, 6) is -1.99. The fourth-order valence-electron chi connectivity index (χ4n) is 7.04. The standard InChI is InChI=1S/3C18H34O2.Ce/c3*1-2-3-4-5-6-7-8-9-10-11-12-13-14-15-16-17-18(19)20;/h3*9-10H,2-8,11-17H2,1H3,(H,19,20);/b3*10-9-;. The molecule has 0 aromatic heterocycles. The summed E-state index contributed by atoms with van der Waals surface area (Å²) in [6.45, 7) is 6.78. The molecule has 0 fully saturated rings. The van der Waals surface area contributed by atoms with Crippen LogP contribution in [0.5, 0.6) is 0 Å². The molecular weight excluding hydrogens is 885 g/mol. The summed E-state index contributed by atoms with van der Waals surface area (Å²) in [6.07, 6.45) is 63.7. The van der Waals surface area contributed by atoms with E-state index >= 15 is 0 Å². The van der Waals surface area contributed by atoms with E-state index in [4.69, 9.17) is 15.3 Å². The van der Waals surface area contributed by atoms with E-state index in [2.05, 4.69) is 57.2 Å². The molecule has 0 bridgehead atoms. The van der Waals surface area contributed by atoms with Crippen LogP contribution in [0.15, 0.2) is 36.5 Å². The van der Waals surface area contributed by atoms with Gasteiger partial charge in [0, 0.05) is 61.0 Å². The number of carboxylic acids is 3. The maximum atomic E-state index is 10.3. The van der Waals surface area contributed by atoms with Crippen LogP contribution in [0.1, 0.15) is 290 Å². The molecule has 0 rings (SSSR count). The van der Waals surface area contributed by atoms with Gasteiger partial charge in [-0.1, -0.05) is 211 Å². The Morgan fingerprint density at radius 3 is 0.574 bits per heavy atom. The Morgan fingerprint density at radius 2 is 0.410 bits per heavy atom. The second-order valence-corrected chi connectivity index (χ2v) is 17.2. The molecule has 6 nitrogen and oxygen atoms in total. The van der Waals surface area contributed by atoms with Gasteiger partial charge >= 0.3 is 17.9 Å². The first kappa shape index (κ1) is 66.6. The van der Waals surface area contributed by atoms with Crippen molar-refractivity contribution < 1.29 is 71.5 Å². The summed E-state index contributed by atoms with van der Waals surface area (Å²) in [7, 11) is 0. The third kappa shape index (κ3) is 76.7. The van der Waals surface area contributed by atoms with Crippen molar-refractivity contribution in [2.75, 3.05) is 0 Å². The van der Waals surface area contributed by atoms with Crippen LogP contribution in [0.25, 0.3) is 0 Å². The Labute approximate surface area is 413 Å². The van der Waals surface area contributed by atoms with Crippen LogP contribution in [-0.4, -0.2) is 33.2 Å². The van der Waals surface area contributed by atoms with Gasteiger partial charge in [-0.15, -0.1) is 0 Å². The molecule has 0 aliphatic rings. The van der Waals surface area contributed by atoms with Gasteiger partial charge in [0.05, 0.1) is 0 Å². The zero-order valence-electron chi connectivity index (χ0n) is 40.7. The Balaban J connectivity index is -0.000000396. The number of hydrogen-bond acceptors (Lipinski definition) is 3. The predicted octanol–water partition coefficient (Wildman–Crippen LogP) is 18.3. The van der Waals surface area contributed by atoms with Crippen molar-refractivity contribution in [1.29, 1.82) is 0 Å². The summed E-state index contributed by atoms with van der Waals surface area (Å²) in [6, 6.07) is 0. The van der Waals surface area contributed by atoms with Gasteiger partial charge in [-0.2, -0.15) is 0 Å². The summed E-state index contributed by atoms with van der Waals surface area (Å²) >= 11 is 0. The van der Waals surface area contributed by atoms with Crippen molar-refractivity contribution >= 4 is 17.9 Å². The van der Waals surface area contributed by atoms with Gasteiger partial charge in [0.1, 0.15) is 0 Å². The van der Waals surface area contributed by atoms with E-state index in [9.17, 15) is 14.4 Å². The first-order valence-electron chi connectivity index (χ1n) is 25.9. The van der Waals surface area contributed by atoms with Crippen LogP contribution in [0.3, 0.4) is 0 Å². The van der Waals surface area contributed by atoms with Crippen LogP contribution < -0.4 is 0 Å². The molecule has 0 atom stereocenters. The van der Waals surface area contributed by atoms with E-state index < -0.39 is 17.9 Å². The predicted molar refractivity (Wildman–Crippen MR) is 261 cm³/mol. The second-order valence-electron chi connectivity index (χ2n) is 17.2. The third-order valence-electron chi connectivity index (χ3n) is 11.0. The third-order valence-corrected chi connectivity index (χ3v) is 11.0. The van der Waals surface area contributed by atoms with Crippen molar-refractivity contribution in [2.24, 2.45) is 0 Å². The van der Waals surface area contributed by atoms with Crippen molar-refractivity contribution in [2.45, 2.75) is 290 Å². The summed E-state index contributed by atoms with van der Waals surface area (Å²) in [5, 5.41) is 25.5. The number of unbranched alkanes of at least 4 members (excludes halogenated alkanes) is 33. The molecular formula is C54H102CeO6. The summed E-state index contributed by atoms with van der Waals surface area (Å²) < 4.78 is 0. The van der Waals surface area contributed by atoms with Crippen molar-refractivity contribution in [3.05, 3.63) is 36.5 Å². The van der Waals surface area contributed by atoms with Crippen LogP contribution in [0.4, 0.5) is 0 Å². The van der Waals surface area contributed by atoms with E-state index in [1.54, 1.807) is 0 Å². The number of carboxylic acid groups (broad SMARTS) is 3. The molecule has 0 saturated heterocycles. The minimum atomic E-state index is -0.664. The van der Waals surface area contributed by atoms with Gasteiger partial charge < -0.3 is 15.3 Å². The molecule has 0 aromatic carbocycles. The first-order chi connectivity index (χ1) is 29.3. The van der Waals surface area contributed by atoms with Crippen molar-refractivity contribution in [3.63, 3.8) is 0 Å². The normalized spacial score (nSPS) is 11.1. The maximum Gasteiger partial charge on any atom is 0.303 e. The zero-order valence-corrected chi connectivity index (χ0v) is 43.9. The number of allylic oxidation sites excluding steroid dienone is 6. The van der Waals surface area contributed by atoms with Crippen LogP contribution in [-0.2, 0) is 14.4 Å². The van der Waals surface area contributed by atoms with Gasteiger partial charge in [-0.25, -0.2) is 0 Å². The van der Waals surface area contributed by atoms with E-state index in [1.165, 1.54) is 212 Å². The quantitative estimate of drug-likeness (QED) is 0.0414. The monoisotopic (exact) mass is 987 g/mol. The minimum absolute atomic E-state index is 0.